The minimum Gasteiger partial charge on any atom is -0.173 e. The van der Waals surface area contributed by atoms with Gasteiger partial charge in [-0.25, -0.2) is 0 Å². The minimum atomic E-state index is -1.87. The van der Waals surface area contributed by atoms with Crippen molar-refractivity contribution < 1.29 is 0 Å². The van der Waals surface area contributed by atoms with Crippen molar-refractivity contribution in [1.29, 1.82) is 0 Å². The van der Waals surface area contributed by atoms with E-state index >= 15 is 0 Å². The molecular formula is C30H40N2S3Si. The maximum Gasteiger partial charge on any atom is 0.122 e. The third-order valence-electron chi connectivity index (χ3n) is 8.55. The van der Waals surface area contributed by atoms with Crippen LogP contribution in [0.15, 0.2) is 35.7 Å². The number of unbranched alkanes of at least 4 members (excludes halogenated alkanes) is 2. The second-order valence-corrected chi connectivity index (χ2v) is 17.3. The molecule has 0 N–H and O–H groups in total. The standard InChI is InChI=1S/C30H40N2S3Si/c1-5-9-12-21(7-3)19-36(20-22(8-4)13-10-6-2)26-16-17-33-29(26)30-27(36)18-25(34-30)23-14-11-15-24-28(23)32-35-31-24/h11,14-18,21-22H,5-10,12-13,19-20H2,1-4H3. The van der Waals surface area contributed by atoms with Gasteiger partial charge in [0.15, 0.2) is 0 Å². The molecule has 0 aliphatic carbocycles. The molecule has 0 radical (unpaired) electrons. The maximum atomic E-state index is 4.69. The van der Waals surface area contributed by atoms with Gasteiger partial charge in [-0.3, -0.25) is 0 Å². The van der Waals surface area contributed by atoms with Crippen LogP contribution in [0.3, 0.4) is 0 Å². The number of fused-ring (bicyclic) bond motifs is 4. The Hall–Kier alpha value is -1.34. The number of nitrogens with zero attached hydrogens (tertiary/aromatic N) is 2. The van der Waals surface area contributed by atoms with E-state index in [9.17, 15) is 0 Å². The van der Waals surface area contributed by atoms with Crippen LogP contribution >= 0.6 is 34.4 Å². The van der Waals surface area contributed by atoms with Crippen molar-refractivity contribution in [3.05, 3.63) is 35.7 Å². The molecule has 4 heterocycles. The molecule has 2 unspecified atom stereocenters. The predicted molar refractivity (Wildman–Crippen MR) is 165 cm³/mol. The van der Waals surface area contributed by atoms with Gasteiger partial charge in [0, 0.05) is 20.2 Å². The molecule has 2 nitrogen and oxygen atoms in total. The lowest BCUT2D eigenvalue weighted by atomic mass is 10.0. The molecule has 4 aromatic rings. The summed E-state index contributed by atoms with van der Waals surface area (Å²) in [7, 11) is -1.87. The van der Waals surface area contributed by atoms with E-state index in [1.165, 1.54) is 85.6 Å². The van der Waals surface area contributed by atoms with Gasteiger partial charge in [-0.2, -0.15) is 8.75 Å². The van der Waals surface area contributed by atoms with E-state index in [4.69, 9.17) is 4.37 Å². The fraction of sp³-hybridized carbons (Fsp3) is 0.533. The third kappa shape index (κ3) is 4.79. The molecule has 1 aliphatic rings. The molecule has 0 amide bonds. The summed E-state index contributed by atoms with van der Waals surface area (Å²) in [6.07, 6.45) is 10.8. The molecule has 1 aromatic carbocycles. The van der Waals surface area contributed by atoms with Crippen molar-refractivity contribution in [1.82, 2.24) is 8.75 Å². The summed E-state index contributed by atoms with van der Waals surface area (Å²) in [5.41, 5.74) is 3.38. The summed E-state index contributed by atoms with van der Waals surface area (Å²) < 4.78 is 9.22. The molecule has 2 atom stereocenters. The van der Waals surface area contributed by atoms with E-state index in [0.29, 0.717) is 0 Å². The Balaban J connectivity index is 1.63. The smallest absolute Gasteiger partial charge is 0.122 e. The zero-order chi connectivity index (χ0) is 25.1. The van der Waals surface area contributed by atoms with Gasteiger partial charge in [0.05, 0.1) is 11.7 Å². The fourth-order valence-corrected chi connectivity index (χ4v) is 17.2. The Labute approximate surface area is 230 Å². The molecule has 1 aliphatic heterocycles. The number of aromatic nitrogens is 2. The Kier molecular flexibility index (Phi) is 8.46. The van der Waals surface area contributed by atoms with Gasteiger partial charge in [-0.1, -0.05) is 97.3 Å². The van der Waals surface area contributed by atoms with Crippen molar-refractivity contribution >= 4 is 63.9 Å². The highest BCUT2D eigenvalue weighted by Gasteiger charge is 2.49. The topological polar surface area (TPSA) is 25.8 Å². The van der Waals surface area contributed by atoms with Crippen LogP contribution in [0.1, 0.15) is 79.1 Å². The van der Waals surface area contributed by atoms with Crippen molar-refractivity contribution in [2.24, 2.45) is 11.8 Å². The average molecular weight is 553 g/mol. The summed E-state index contributed by atoms with van der Waals surface area (Å²) in [4.78, 5) is 4.60. The maximum absolute atomic E-state index is 4.69. The SMILES string of the molecule is CCCCC(CC)C[Si]1(CC(CC)CCCC)c2ccsc2-c2sc(-c3cccc4nsnc34)cc21. The van der Waals surface area contributed by atoms with Gasteiger partial charge in [0.2, 0.25) is 0 Å². The van der Waals surface area contributed by atoms with Crippen molar-refractivity contribution in [3.63, 3.8) is 0 Å². The Morgan fingerprint density at radius 1 is 0.833 bits per heavy atom. The highest BCUT2D eigenvalue weighted by Crippen LogP contribution is 2.47. The predicted octanol–water partition coefficient (Wildman–Crippen LogP) is 9.46. The lowest BCUT2D eigenvalue weighted by Gasteiger charge is -2.35. The van der Waals surface area contributed by atoms with Gasteiger partial charge in [-0.15, -0.1) is 22.7 Å². The first-order valence-corrected chi connectivity index (χ1v) is 18.9. The fourth-order valence-electron chi connectivity index (χ4n) is 6.46. The second-order valence-electron chi connectivity index (χ2n) is 10.8. The lowest BCUT2D eigenvalue weighted by Crippen LogP contribution is -2.56. The molecule has 0 bridgehead atoms. The van der Waals surface area contributed by atoms with E-state index in [0.717, 1.165) is 22.9 Å². The lowest BCUT2D eigenvalue weighted by molar-refractivity contribution is 0.469. The number of benzene rings is 1. The van der Waals surface area contributed by atoms with E-state index in [1.54, 1.807) is 20.1 Å². The zero-order valence-electron chi connectivity index (χ0n) is 22.3. The Bertz CT molecular complexity index is 1270. The zero-order valence-corrected chi connectivity index (χ0v) is 25.8. The molecule has 192 valence electrons. The molecular weight excluding hydrogens is 513 g/mol. The molecule has 5 rings (SSSR count). The van der Waals surface area contributed by atoms with Crippen LogP contribution in [0.2, 0.25) is 12.1 Å². The minimum absolute atomic E-state index is 0.841. The van der Waals surface area contributed by atoms with Crippen molar-refractivity contribution in [3.8, 4) is 20.2 Å². The number of hydrogen-bond acceptors (Lipinski definition) is 5. The van der Waals surface area contributed by atoms with Gasteiger partial charge >= 0.3 is 0 Å². The summed E-state index contributed by atoms with van der Waals surface area (Å²) in [5.74, 6) is 1.68. The summed E-state index contributed by atoms with van der Waals surface area (Å²) in [5, 5.41) is 5.92. The first-order valence-electron chi connectivity index (χ1n) is 14.1. The van der Waals surface area contributed by atoms with Crippen molar-refractivity contribution in [2.75, 3.05) is 0 Å². The quantitative estimate of drug-likeness (QED) is 0.154. The Morgan fingerprint density at radius 2 is 1.56 bits per heavy atom. The normalized spacial score (nSPS) is 18.4. The van der Waals surface area contributed by atoms with Crippen LogP contribution in [0.4, 0.5) is 0 Å². The number of rotatable bonds is 13. The molecule has 36 heavy (non-hydrogen) atoms. The summed E-state index contributed by atoms with van der Waals surface area (Å²) in [6, 6.07) is 14.5. The van der Waals surface area contributed by atoms with Crippen LogP contribution in [-0.4, -0.2) is 16.8 Å². The highest BCUT2D eigenvalue weighted by molar-refractivity contribution is 7.30. The first-order chi connectivity index (χ1) is 17.6. The molecule has 0 spiro atoms. The van der Waals surface area contributed by atoms with Gasteiger partial charge in [-0.05, 0) is 51.8 Å². The van der Waals surface area contributed by atoms with Crippen LogP contribution in [-0.2, 0) is 0 Å². The molecule has 0 fully saturated rings. The number of hydrogen-bond donors (Lipinski definition) is 0. The van der Waals surface area contributed by atoms with Gasteiger partial charge in [0.1, 0.15) is 19.1 Å². The molecule has 3 aromatic heterocycles. The second kappa shape index (κ2) is 11.6. The Morgan fingerprint density at radius 3 is 2.22 bits per heavy atom. The summed E-state index contributed by atoms with van der Waals surface area (Å²) >= 11 is 5.36. The van der Waals surface area contributed by atoms with E-state index in [-0.39, 0.29) is 0 Å². The first kappa shape index (κ1) is 26.3. The van der Waals surface area contributed by atoms with Crippen LogP contribution in [0.25, 0.3) is 31.2 Å². The monoisotopic (exact) mass is 552 g/mol. The van der Waals surface area contributed by atoms with Crippen molar-refractivity contribution in [2.45, 2.75) is 91.1 Å². The van der Waals surface area contributed by atoms with Crippen LogP contribution < -0.4 is 10.4 Å². The van der Waals surface area contributed by atoms with Crippen LogP contribution in [0.5, 0.6) is 0 Å². The molecule has 0 saturated carbocycles. The average Bonchev–Trinajstić information content (AvgIpc) is 3.68. The highest BCUT2D eigenvalue weighted by atomic mass is 32.1. The number of thiophene rings is 2. The van der Waals surface area contributed by atoms with E-state index in [1.807, 2.05) is 22.7 Å². The van der Waals surface area contributed by atoms with Gasteiger partial charge in [0.25, 0.3) is 0 Å². The largest absolute Gasteiger partial charge is 0.173 e. The summed E-state index contributed by atoms with van der Waals surface area (Å²) in [6.45, 7) is 9.58. The van der Waals surface area contributed by atoms with E-state index < -0.39 is 8.07 Å². The van der Waals surface area contributed by atoms with E-state index in [2.05, 4.69) is 67.8 Å². The van der Waals surface area contributed by atoms with Crippen LogP contribution in [0, 0.1) is 11.8 Å². The molecule has 6 heteroatoms. The molecule has 0 saturated heterocycles. The van der Waals surface area contributed by atoms with Gasteiger partial charge < -0.3 is 0 Å². The third-order valence-corrected chi connectivity index (χ3v) is 17.1.